The molecule has 0 heterocycles. The molecule has 5 aromatic rings. The molecule has 0 aliphatic heterocycles. The van der Waals surface area contributed by atoms with Crippen LogP contribution in [0, 0.1) is 0 Å². The summed E-state index contributed by atoms with van der Waals surface area (Å²) in [6, 6.07) is 52.6. The van der Waals surface area contributed by atoms with E-state index < -0.39 is 7.26 Å². The predicted molar refractivity (Wildman–Crippen MR) is 135 cm³/mol. The van der Waals surface area contributed by atoms with Gasteiger partial charge in [-0.25, -0.2) is 12.1 Å². The van der Waals surface area contributed by atoms with Crippen molar-refractivity contribution in [3.8, 4) is 0 Å². The van der Waals surface area contributed by atoms with Crippen molar-refractivity contribution < 1.29 is 34.1 Å². The molecule has 32 heavy (non-hydrogen) atoms. The third kappa shape index (κ3) is 8.05. The molecule has 5 rings (SSSR count). The molecule has 0 spiro atoms. The van der Waals surface area contributed by atoms with Crippen LogP contribution in [-0.2, 0) is 17.1 Å². The Morgan fingerprint density at radius 3 is 0.969 bits per heavy atom. The second-order valence-electron chi connectivity index (χ2n) is 6.94. The van der Waals surface area contributed by atoms with E-state index in [1.165, 1.54) is 15.9 Å². The molecule has 170 valence electrons. The maximum absolute atomic E-state index is 2.41. The topological polar surface area (TPSA) is 0 Å². The van der Waals surface area contributed by atoms with Gasteiger partial charge in [-0.1, -0.05) is 54.6 Å². The summed E-state index contributed by atoms with van der Waals surface area (Å²) in [4.78, 5) is 0. The molecule has 0 bridgehead atoms. The Morgan fingerprint density at radius 1 is 0.469 bits per heavy atom. The van der Waals surface area contributed by atoms with Gasteiger partial charge in [0.25, 0.3) is 0 Å². The smallest absolute Gasteiger partial charge is 0.109 e. The van der Waals surface area contributed by atoms with E-state index in [-0.39, 0.29) is 34.1 Å². The fourth-order valence-corrected chi connectivity index (χ4v) is 6.47. The van der Waals surface area contributed by atoms with E-state index >= 15 is 0 Å². The normalized spacial score (nSPS) is 9.53. The maximum atomic E-state index is 2.41. The van der Waals surface area contributed by atoms with Crippen LogP contribution in [0.2, 0.25) is 0 Å². The monoisotopic (exact) mass is 542 g/mol. The van der Waals surface area contributed by atoms with Crippen molar-refractivity contribution in [3.63, 3.8) is 0 Å². The second-order valence-corrected chi connectivity index (χ2v) is 10.5. The van der Waals surface area contributed by atoms with Crippen LogP contribution >= 0.6 is 7.26 Å². The maximum Gasteiger partial charge on any atom is 0.109 e. The van der Waals surface area contributed by atoms with Gasteiger partial charge in [0.1, 0.15) is 23.2 Å². The number of hydrogen-bond acceptors (Lipinski definition) is 0. The first-order chi connectivity index (χ1) is 14.8. The molecule has 0 fully saturated rings. The fraction of sp³-hybridized carbons (Fsp3) is 0.0345. The molecule has 0 aromatic heterocycles. The third-order valence-corrected chi connectivity index (χ3v) is 8.92. The van der Waals surface area contributed by atoms with Crippen molar-refractivity contribution in [1.29, 1.82) is 0 Å². The number of rotatable bonds is 3. The summed E-state index contributed by atoms with van der Waals surface area (Å²) < 4.78 is 0. The Morgan fingerprint density at radius 2 is 0.750 bits per heavy atom. The van der Waals surface area contributed by atoms with Crippen LogP contribution in [0.4, 0.5) is 0 Å². The minimum Gasteiger partial charge on any atom is -1.00 e. The Kier molecular flexibility index (Phi) is 13.5. The molecule has 0 unspecified atom stereocenters. The molecule has 0 atom stereocenters. The van der Waals surface area contributed by atoms with Gasteiger partial charge >= 0.3 is 0 Å². The van der Waals surface area contributed by atoms with Gasteiger partial charge in [-0.15, -0.1) is 0 Å². The summed E-state index contributed by atoms with van der Waals surface area (Å²) in [5.74, 6) is 0. The van der Waals surface area contributed by atoms with Crippen LogP contribution in [0.15, 0.2) is 152 Å². The first-order valence-corrected chi connectivity index (χ1v) is 12.4. The minimum absolute atomic E-state index is 0. The van der Waals surface area contributed by atoms with Crippen molar-refractivity contribution in [3.05, 3.63) is 152 Å². The van der Waals surface area contributed by atoms with Crippen LogP contribution < -0.4 is 32.9 Å². The Bertz CT molecular complexity index is 871. The molecule has 0 aliphatic rings. The zero-order valence-corrected chi connectivity index (χ0v) is 21.7. The van der Waals surface area contributed by atoms with E-state index in [2.05, 4.69) is 97.7 Å². The molecule has 0 saturated heterocycles. The Balaban J connectivity index is 0.000000353. The van der Waals surface area contributed by atoms with Crippen molar-refractivity contribution in [2.75, 3.05) is 6.66 Å². The van der Waals surface area contributed by atoms with Crippen molar-refractivity contribution in [2.24, 2.45) is 0 Å². The van der Waals surface area contributed by atoms with Gasteiger partial charge in [0.05, 0.1) is 6.66 Å². The van der Waals surface area contributed by atoms with Gasteiger partial charge in [0.15, 0.2) is 0 Å². The quantitative estimate of drug-likeness (QED) is 0.186. The van der Waals surface area contributed by atoms with Crippen LogP contribution in [0.5, 0.6) is 0 Å². The van der Waals surface area contributed by atoms with Crippen LogP contribution in [0.3, 0.4) is 0 Å². The fourth-order valence-electron chi connectivity index (χ4n) is 3.27. The summed E-state index contributed by atoms with van der Waals surface area (Å²) >= 11 is 0. The summed E-state index contributed by atoms with van der Waals surface area (Å²) in [7, 11) is -1.53. The largest absolute Gasteiger partial charge is 1.00 e. The van der Waals surface area contributed by atoms with Gasteiger partial charge < -0.3 is 47.3 Å². The predicted octanol–water partition coefficient (Wildman–Crippen LogP) is 3.42. The molecule has 0 radical (unpaired) electrons. The van der Waals surface area contributed by atoms with Gasteiger partial charge in [0.2, 0.25) is 0 Å². The van der Waals surface area contributed by atoms with Gasteiger partial charge in [0, 0.05) is 17.1 Å². The average molecular weight is 543 g/mol. The molecule has 3 heteroatoms. The summed E-state index contributed by atoms with van der Waals surface area (Å²) in [6.07, 6.45) is 0. The van der Waals surface area contributed by atoms with Crippen LogP contribution in [-0.4, -0.2) is 6.66 Å². The number of hydrogen-bond donors (Lipinski definition) is 0. The van der Waals surface area contributed by atoms with Crippen molar-refractivity contribution >= 4 is 23.2 Å². The number of benzene rings is 3. The Hall–Kier alpha value is -2.21. The molecule has 5 aromatic carbocycles. The standard InChI is InChI=1S/C19H18P.2C5H5.BrH.Fe/c1-20(17-11-5-2-6-12-17,18-13-7-3-8-14-18)19-15-9-4-10-16-19;2*1-2-4-5-3-1;;/h2-16H,1H3;2*1-5H;1H;/q+1;-5;-1;;/p-1. The van der Waals surface area contributed by atoms with E-state index in [1.807, 2.05) is 60.7 Å². The van der Waals surface area contributed by atoms with Crippen molar-refractivity contribution in [2.45, 2.75) is 0 Å². The summed E-state index contributed by atoms with van der Waals surface area (Å²) in [5.41, 5.74) is 0. The molecule has 0 N–H and O–H groups in total. The van der Waals surface area contributed by atoms with Crippen LogP contribution in [0.25, 0.3) is 0 Å². The molecule has 0 aliphatic carbocycles. The Labute approximate surface area is 214 Å². The van der Waals surface area contributed by atoms with Crippen LogP contribution in [0.1, 0.15) is 0 Å². The SMILES string of the molecule is C[P+](c1ccccc1)(c1ccccc1)c1ccccc1.[Br-].[Fe].[cH-]1[cH-][cH-][cH-][cH-]1.c1cc[cH-]c1. The molecule has 0 nitrogen and oxygen atoms in total. The van der Waals surface area contributed by atoms with Gasteiger partial charge in [-0.3, -0.25) is 0 Å². The molecule has 0 saturated carbocycles. The first kappa shape index (κ1) is 27.8. The molecule has 0 amide bonds. The van der Waals surface area contributed by atoms with Gasteiger partial charge in [-0.2, -0.15) is 18.2 Å². The number of halogens is 1. The summed E-state index contributed by atoms with van der Waals surface area (Å²) in [5, 5.41) is 4.28. The third-order valence-electron chi connectivity index (χ3n) is 4.93. The summed E-state index contributed by atoms with van der Waals surface area (Å²) in [6.45, 7) is 2.41. The average Bonchev–Trinajstić information content (AvgIpc) is 3.60. The zero-order chi connectivity index (χ0) is 20.9. The van der Waals surface area contributed by atoms with E-state index in [1.54, 1.807) is 0 Å². The van der Waals surface area contributed by atoms with Gasteiger partial charge in [-0.05, 0) is 36.4 Å². The van der Waals surface area contributed by atoms with E-state index in [0.717, 1.165) is 0 Å². The first-order valence-electron chi connectivity index (χ1n) is 10.2. The van der Waals surface area contributed by atoms with E-state index in [9.17, 15) is 0 Å². The molecular formula is C29H28BrFeP-6. The molecular weight excluding hydrogens is 515 g/mol. The minimum atomic E-state index is -1.53. The zero-order valence-electron chi connectivity index (χ0n) is 18.1. The van der Waals surface area contributed by atoms with Crippen molar-refractivity contribution in [1.82, 2.24) is 0 Å². The van der Waals surface area contributed by atoms with E-state index in [4.69, 9.17) is 0 Å². The van der Waals surface area contributed by atoms with E-state index in [0.29, 0.717) is 0 Å². The second kappa shape index (κ2) is 15.6.